The Morgan fingerprint density at radius 2 is 1.93 bits per heavy atom. The molecule has 3 nitrogen and oxygen atoms in total. The summed E-state index contributed by atoms with van der Waals surface area (Å²) in [4.78, 5) is 6.69. The molecule has 2 rings (SSSR count). The van der Waals surface area contributed by atoms with Crippen molar-refractivity contribution in [1.82, 2.24) is 9.97 Å². The highest BCUT2D eigenvalue weighted by atomic mass is 15.0. The predicted molar refractivity (Wildman–Crippen MR) is 55.4 cm³/mol. The molecule has 0 amide bonds. The van der Waals surface area contributed by atoms with E-state index >= 15 is 0 Å². The molecule has 0 aliphatic rings. The van der Waals surface area contributed by atoms with Gasteiger partial charge >= 0.3 is 0 Å². The minimum atomic E-state index is 0.391. The molecule has 0 bridgehead atoms. The number of nitrogen functional groups attached to an aromatic ring is 1. The minimum Gasteiger partial charge on any atom is -0.369 e. The number of aromatic nitrogens is 2. The van der Waals surface area contributed by atoms with Crippen LogP contribution in [-0.4, -0.2) is 9.97 Å². The van der Waals surface area contributed by atoms with Crippen molar-refractivity contribution in [3.8, 4) is 11.8 Å². The van der Waals surface area contributed by atoms with Gasteiger partial charge in [0.05, 0.1) is 6.20 Å². The molecule has 1 aromatic carbocycles. The van der Waals surface area contributed by atoms with Gasteiger partial charge in [-0.3, -0.25) is 0 Å². The van der Waals surface area contributed by atoms with Crippen molar-refractivity contribution >= 4 is 5.95 Å². The van der Waals surface area contributed by atoms with Crippen molar-refractivity contribution in [2.45, 2.75) is 0 Å². The molecule has 0 radical (unpaired) electrons. The molecule has 0 unspecified atom stereocenters. The van der Waals surface area contributed by atoms with E-state index in [4.69, 9.17) is 5.73 Å². The molecule has 0 fully saturated rings. The lowest BCUT2D eigenvalue weighted by molar-refractivity contribution is 1.32. The molecule has 0 spiro atoms. The molecule has 0 atom stereocenters. The van der Waals surface area contributed by atoms with Crippen molar-refractivity contribution in [3.05, 3.63) is 47.8 Å². The Bertz CT molecular complexity index is 474. The lowest BCUT2D eigenvalue weighted by atomic mass is 10.2. The van der Waals surface area contributed by atoms with Crippen LogP contribution in [0.25, 0.3) is 0 Å². The summed E-state index contributed by atoms with van der Waals surface area (Å²) in [7, 11) is 0. The molecular weight excluding hydrogens is 174 g/mol. The van der Waals surface area contributed by atoms with E-state index in [1.54, 1.807) is 6.20 Å². The van der Waals surface area contributed by atoms with E-state index in [1.807, 2.05) is 30.3 Å². The molecule has 0 saturated carbocycles. The lowest BCUT2D eigenvalue weighted by Gasteiger charge is -1.85. The van der Waals surface area contributed by atoms with E-state index in [9.17, 15) is 0 Å². The smallest absolute Gasteiger partial charge is 0.198 e. The van der Waals surface area contributed by atoms with Crippen molar-refractivity contribution in [2.75, 3.05) is 5.73 Å². The number of imidazole rings is 1. The largest absolute Gasteiger partial charge is 0.369 e. The normalized spacial score (nSPS) is 9.14. The molecule has 0 aliphatic carbocycles. The SMILES string of the molecule is Nc1ncc(C#Cc2ccccc2)[nH]1. The number of hydrogen-bond acceptors (Lipinski definition) is 2. The zero-order chi connectivity index (χ0) is 9.80. The minimum absolute atomic E-state index is 0.391. The van der Waals surface area contributed by atoms with Gasteiger partial charge in [-0.25, -0.2) is 4.98 Å². The zero-order valence-corrected chi connectivity index (χ0v) is 7.49. The van der Waals surface area contributed by atoms with Crippen molar-refractivity contribution < 1.29 is 0 Å². The second-order valence-corrected chi connectivity index (χ2v) is 2.80. The van der Waals surface area contributed by atoms with Crippen LogP contribution in [0.3, 0.4) is 0 Å². The van der Waals surface area contributed by atoms with Crippen LogP contribution in [0.5, 0.6) is 0 Å². The quantitative estimate of drug-likeness (QED) is 0.606. The first kappa shape index (κ1) is 8.39. The third-order valence-corrected chi connectivity index (χ3v) is 1.71. The summed E-state index contributed by atoms with van der Waals surface area (Å²) in [6.45, 7) is 0. The summed E-state index contributed by atoms with van der Waals surface area (Å²) in [5.41, 5.74) is 7.11. The van der Waals surface area contributed by atoms with Gasteiger partial charge in [0.25, 0.3) is 0 Å². The summed E-state index contributed by atoms with van der Waals surface area (Å²) >= 11 is 0. The fourth-order valence-corrected chi connectivity index (χ4v) is 1.06. The van der Waals surface area contributed by atoms with Gasteiger partial charge in [0.15, 0.2) is 5.95 Å². The maximum absolute atomic E-state index is 5.41. The third-order valence-electron chi connectivity index (χ3n) is 1.71. The number of nitrogens with zero attached hydrogens (tertiary/aromatic N) is 1. The highest BCUT2D eigenvalue weighted by Crippen LogP contribution is 1.98. The van der Waals surface area contributed by atoms with E-state index in [1.165, 1.54) is 0 Å². The summed E-state index contributed by atoms with van der Waals surface area (Å²) < 4.78 is 0. The van der Waals surface area contributed by atoms with Crippen molar-refractivity contribution in [3.63, 3.8) is 0 Å². The number of nitrogens with one attached hydrogen (secondary N) is 1. The highest BCUT2D eigenvalue weighted by Gasteiger charge is 1.90. The Labute approximate surface area is 82.0 Å². The van der Waals surface area contributed by atoms with Gasteiger partial charge in [-0.1, -0.05) is 24.1 Å². The Kier molecular flexibility index (Phi) is 2.20. The van der Waals surface area contributed by atoms with Crippen molar-refractivity contribution in [1.29, 1.82) is 0 Å². The third kappa shape index (κ3) is 1.93. The van der Waals surface area contributed by atoms with Gasteiger partial charge in [0, 0.05) is 5.56 Å². The fraction of sp³-hybridized carbons (Fsp3) is 0. The van der Waals surface area contributed by atoms with Crippen LogP contribution in [0.2, 0.25) is 0 Å². The van der Waals surface area contributed by atoms with Crippen LogP contribution >= 0.6 is 0 Å². The number of hydrogen-bond donors (Lipinski definition) is 2. The summed E-state index contributed by atoms with van der Waals surface area (Å²) in [6.07, 6.45) is 1.62. The van der Waals surface area contributed by atoms with Gasteiger partial charge in [-0.05, 0) is 18.1 Å². The second kappa shape index (κ2) is 3.67. The molecule has 0 saturated heterocycles. The van der Waals surface area contributed by atoms with Crippen LogP contribution in [0.15, 0.2) is 36.5 Å². The standard InChI is InChI=1S/C11H9N3/c12-11-13-8-10(14-11)7-6-9-4-2-1-3-5-9/h1-5,8H,(H3,12,13,14). The number of nitrogens with two attached hydrogens (primary N) is 1. The van der Waals surface area contributed by atoms with Crippen LogP contribution < -0.4 is 5.73 Å². The molecule has 1 aromatic heterocycles. The van der Waals surface area contributed by atoms with Crippen molar-refractivity contribution in [2.24, 2.45) is 0 Å². The first-order valence-corrected chi connectivity index (χ1v) is 4.22. The second-order valence-electron chi connectivity index (χ2n) is 2.80. The molecule has 68 valence electrons. The molecule has 14 heavy (non-hydrogen) atoms. The molecule has 3 N–H and O–H groups in total. The van der Waals surface area contributed by atoms with Gasteiger partial charge in [0.1, 0.15) is 5.69 Å². The summed E-state index contributed by atoms with van der Waals surface area (Å²) in [5, 5.41) is 0. The summed E-state index contributed by atoms with van der Waals surface area (Å²) in [5.74, 6) is 6.32. The first-order chi connectivity index (χ1) is 6.84. The van der Waals surface area contributed by atoms with Crippen LogP contribution in [0, 0.1) is 11.8 Å². The molecule has 3 heteroatoms. The Hall–Kier alpha value is -2.21. The van der Waals surface area contributed by atoms with Gasteiger partial charge in [-0.2, -0.15) is 0 Å². The Morgan fingerprint density at radius 1 is 1.14 bits per heavy atom. The average Bonchev–Trinajstić information content (AvgIpc) is 2.63. The maximum Gasteiger partial charge on any atom is 0.198 e. The number of anilines is 1. The Morgan fingerprint density at radius 3 is 2.57 bits per heavy atom. The number of benzene rings is 1. The zero-order valence-electron chi connectivity index (χ0n) is 7.49. The number of rotatable bonds is 0. The van der Waals surface area contributed by atoms with Crippen LogP contribution in [-0.2, 0) is 0 Å². The first-order valence-electron chi connectivity index (χ1n) is 4.22. The highest BCUT2D eigenvalue weighted by molar-refractivity contribution is 5.40. The van der Waals surface area contributed by atoms with Gasteiger partial charge < -0.3 is 10.7 Å². The fourth-order valence-electron chi connectivity index (χ4n) is 1.06. The topological polar surface area (TPSA) is 54.7 Å². The lowest BCUT2D eigenvalue weighted by Crippen LogP contribution is -1.85. The molecule has 2 aromatic rings. The van der Waals surface area contributed by atoms with Gasteiger partial charge in [-0.15, -0.1) is 0 Å². The van der Waals surface area contributed by atoms with E-state index in [-0.39, 0.29) is 0 Å². The average molecular weight is 183 g/mol. The molecular formula is C11H9N3. The van der Waals surface area contributed by atoms with E-state index in [2.05, 4.69) is 21.8 Å². The monoisotopic (exact) mass is 183 g/mol. The predicted octanol–water partition coefficient (Wildman–Crippen LogP) is 1.39. The van der Waals surface area contributed by atoms with E-state index in [0.29, 0.717) is 5.95 Å². The van der Waals surface area contributed by atoms with Crippen LogP contribution in [0.4, 0.5) is 5.95 Å². The van der Waals surface area contributed by atoms with Gasteiger partial charge in [0.2, 0.25) is 0 Å². The number of H-pyrrole nitrogens is 1. The Balaban J connectivity index is 2.23. The maximum atomic E-state index is 5.41. The van der Waals surface area contributed by atoms with Crippen LogP contribution in [0.1, 0.15) is 11.3 Å². The number of aromatic amines is 1. The molecule has 0 aliphatic heterocycles. The van der Waals surface area contributed by atoms with E-state index < -0.39 is 0 Å². The van der Waals surface area contributed by atoms with E-state index in [0.717, 1.165) is 11.3 Å². The molecule has 1 heterocycles. The summed E-state index contributed by atoms with van der Waals surface area (Å²) in [6, 6.07) is 9.76.